The highest BCUT2D eigenvalue weighted by Gasteiger charge is 2.18. The molecule has 0 N–H and O–H groups in total. The van der Waals surface area contributed by atoms with E-state index in [1.54, 1.807) is 6.20 Å². The number of ketones is 1. The van der Waals surface area contributed by atoms with Gasteiger partial charge >= 0.3 is 0 Å². The number of halogens is 2. The summed E-state index contributed by atoms with van der Waals surface area (Å²) in [6.45, 7) is 1.57. The Kier molecular flexibility index (Phi) is 3.45. The second-order valence-corrected chi connectivity index (χ2v) is 5.03. The van der Waals surface area contributed by atoms with Crippen molar-refractivity contribution in [3.8, 4) is 0 Å². The fourth-order valence-electron chi connectivity index (χ4n) is 1.64. The molecule has 1 fully saturated rings. The molecule has 0 amide bonds. The molecule has 15 heavy (non-hydrogen) atoms. The van der Waals surface area contributed by atoms with Gasteiger partial charge in [-0.2, -0.15) is 0 Å². The number of aromatic nitrogens is 1. The van der Waals surface area contributed by atoms with Crippen LogP contribution in [0.5, 0.6) is 0 Å². The van der Waals surface area contributed by atoms with Gasteiger partial charge in [-0.1, -0.05) is 11.6 Å². The lowest BCUT2D eigenvalue weighted by atomic mass is 10.1. The summed E-state index contributed by atoms with van der Waals surface area (Å²) >= 11 is 8.09. The van der Waals surface area contributed by atoms with E-state index in [-0.39, 0.29) is 0 Å². The van der Waals surface area contributed by atoms with E-state index in [4.69, 9.17) is 11.6 Å². The van der Waals surface area contributed by atoms with Crippen LogP contribution in [0, 0.1) is 3.57 Å². The van der Waals surface area contributed by atoms with Crippen molar-refractivity contribution in [3.63, 3.8) is 0 Å². The first-order chi connectivity index (χ1) is 7.16. The first-order valence-corrected chi connectivity index (χ1v) is 6.20. The third-order valence-electron chi connectivity index (χ3n) is 2.46. The van der Waals surface area contributed by atoms with Crippen LogP contribution in [-0.2, 0) is 4.79 Å². The van der Waals surface area contributed by atoms with Crippen LogP contribution in [0.4, 0.5) is 5.69 Å². The molecule has 1 aliphatic rings. The molecule has 0 bridgehead atoms. The number of nitrogens with zero attached hydrogens (tertiary/aromatic N) is 2. The minimum Gasteiger partial charge on any atom is -0.370 e. The monoisotopic (exact) mass is 336 g/mol. The van der Waals surface area contributed by atoms with Crippen LogP contribution in [0.1, 0.15) is 12.8 Å². The van der Waals surface area contributed by atoms with E-state index in [0.29, 0.717) is 23.8 Å². The average molecular weight is 337 g/mol. The number of pyridine rings is 1. The summed E-state index contributed by atoms with van der Waals surface area (Å²) in [6, 6.07) is 1.86. The lowest BCUT2D eigenvalue weighted by Crippen LogP contribution is -2.34. The van der Waals surface area contributed by atoms with Crippen LogP contribution in [-0.4, -0.2) is 23.9 Å². The van der Waals surface area contributed by atoms with Gasteiger partial charge in [0.15, 0.2) is 0 Å². The molecule has 0 radical (unpaired) electrons. The van der Waals surface area contributed by atoms with Crippen molar-refractivity contribution in [2.45, 2.75) is 12.8 Å². The molecule has 80 valence electrons. The van der Waals surface area contributed by atoms with Crippen LogP contribution in [0.25, 0.3) is 0 Å². The van der Waals surface area contributed by atoms with Gasteiger partial charge in [0.05, 0.1) is 9.26 Å². The second-order valence-electron chi connectivity index (χ2n) is 3.48. The van der Waals surface area contributed by atoms with Gasteiger partial charge in [0.1, 0.15) is 10.9 Å². The molecule has 2 heterocycles. The van der Waals surface area contributed by atoms with Crippen molar-refractivity contribution < 1.29 is 4.79 Å². The second kappa shape index (κ2) is 4.65. The molecule has 0 spiro atoms. The normalized spacial score (nSPS) is 16.9. The van der Waals surface area contributed by atoms with Crippen LogP contribution >= 0.6 is 34.2 Å². The van der Waals surface area contributed by atoms with Gasteiger partial charge in [-0.3, -0.25) is 4.79 Å². The Balaban J connectivity index is 2.21. The number of carbonyl (C=O) groups is 1. The number of piperidine rings is 1. The fraction of sp³-hybridized carbons (Fsp3) is 0.400. The Hall–Kier alpha value is -0.360. The Morgan fingerprint density at radius 1 is 1.40 bits per heavy atom. The first kappa shape index (κ1) is 11.1. The molecule has 1 aliphatic heterocycles. The molecular weight excluding hydrogens is 326 g/mol. The molecule has 5 heteroatoms. The zero-order chi connectivity index (χ0) is 10.8. The quantitative estimate of drug-likeness (QED) is 0.584. The molecule has 3 nitrogen and oxygen atoms in total. The van der Waals surface area contributed by atoms with Crippen molar-refractivity contribution in [1.29, 1.82) is 0 Å². The molecule has 0 aromatic carbocycles. The van der Waals surface area contributed by atoms with Crippen molar-refractivity contribution >= 4 is 45.7 Å². The molecule has 1 saturated heterocycles. The van der Waals surface area contributed by atoms with E-state index in [1.165, 1.54) is 0 Å². The van der Waals surface area contributed by atoms with Gasteiger partial charge in [0.2, 0.25) is 0 Å². The van der Waals surface area contributed by atoms with Gasteiger partial charge in [-0.15, -0.1) is 0 Å². The van der Waals surface area contributed by atoms with Gasteiger partial charge in [-0.25, -0.2) is 4.98 Å². The fourth-order valence-corrected chi connectivity index (χ4v) is 2.43. The van der Waals surface area contributed by atoms with E-state index in [9.17, 15) is 4.79 Å². The predicted octanol–water partition coefficient (Wildman–Crippen LogP) is 2.51. The number of anilines is 1. The largest absolute Gasteiger partial charge is 0.370 e. The van der Waals surface area contributed by atoms with E-state index in [1.807, 2.05) is 6.07 Å². The van der Waals surface area contributed by atoms with Crippen LogP contribution in [0.2, 0.25) is 5.15 Å². The Bertz CT molecular complexity index is 387. The summed E-state index contributed by atoms with van der Waals surface area (Å²) in [7, 11) is 0. The summed E-state index contributed by atoms with van der Waals surface area (Å²) in [6.07, 6.45) is 3.03. The highest BCUT2D eigenvalue weighted by atomic mass is 127. The SMILES string of the molecule is O=C1CCN(c2cc(Cl)ncc2I)CC1. The molecule has 0 atom stereocenters. The number of rotatable bonds is 1. The van der Waals surface area contributed by atoms with Crippen molar-refractivity contribution in [2.24, 2.45) is 0 Å². The highest BCUT2D eigenvalue weighted by Crippen LogP contribution is 2.26. The minimum absolute atomic E-state index is 0.349. The van der Waals surface area contributed by atoms with Crippen LogP contribution in [0.15, 0.2) is 12.3 Å². The van der Waals surface area contributed by atoms with Crippen LogP contribution < -0.4 is 4.90 Å². The van der Waals surface area contributed by atoms with Gasteiger partial charge in [0, 0.05) is 32.1 Å². The third kappa shape index (κ3) is 2.60. The summed E-state index contributed by atoms with van der Waals surface area (Å²) in [4.78, 5) is 17.3. The van der Waals surface area contributed by atoms with Crippen molar-refractivity contribution in [2.75, 3.05) is 18.0 Å². The highest BCUT2D eigenvalue weighted by molar-refractivity contribution is 14.1. The van der Waals surface area contributed by atoms with Gasteiger partial charge in [-0.05, 0) is 28.7 Å². The smallest absolute Gasteiger partial charge is 0.136 e. The average Bonchev–Trinajstić information content (AvgIpc) is 2.23. The van der Waals surface area contributed by atoms with Gasteiger partial charge in [0.25, 0.3) is 0 Å². The van der Waals surface area contributed by atoms with Gasteiger partial charge < -0.3 is 4.90 Å². The maximum atomic E-state index is 11.1. The summed E-state index contributed by atoms with van der Waals surface area (Å²) in [5.41, 5.74) is 1.09. The number of hydrogen-bond donors (Lipinski definition) is 0. The Morgan fingerprint density at radius 2 is 2.07 bits per heavy atom. The number of hydrogen-bond acceptors (Lipinski definition) is 3. The maximum absolute atomic E-state index is 11.1. The van der Waals surface area contributed by atoms with E-state index in [0.717, 1.165) is 22.3 Å². The molecular formula is C10H10ClIN2O. The lowest BCUT2D eigenvalue weighted by Gasteiger charge is -2.28. The molecule has 1 aromatic heterocycles. The predicted molar refractivity (Wildman–Crippen MR) is 68.4 cm³/mol. The summed E-state index contributed by atoms with van der Waals surface area (Å²) in [5, 5.41) is 0.502. The number of carbonyl (C=O) groups excluding carboxylic acids is 1. The zero-order valence-electron chi connectivity index (χ0n) is 8.04. The van der Waals surface area contributed by atoms with Crippen molar-refractivity contribution in [3.05, 3.63) is 21.0 Å². The summed E-state index contributed by atoms with van der Waals surface area (Å²) in [5.74, 6) is 0.349. The van der Waals surface area contributed by atoms with E-state index in [2.05, 4.69) is 32.5 Å². The standard InChI is InChI=1S/C10H10ClIN2O/c11-10-5-9(8(12)6-13-10)14-3-1-7(15)2-4-14/h5-6H,1-4H2. The topological polar surface area (TPSA) is 33.2 Å². The zero-order valence-corrected chi connectivity index (χ0v) is 11.0. The molecule has 1 aromatic rings. The molecule has 0 aliphatic carbocycles. The maximum Gasteiger partial charge on any atom is 0.136 e. The summed E-state index contributed by atoms with van der Waals surface area (Å²) < 4.78 is 1.08. The molecule has 0 unspecified atom stereocenters. The third-order valence-corrected chi connectivity index (χ3v) is 3.50. The van der Waals surface area contributed by atoms with E-state index >= 15 is 0 Å². The minimum atomic E-state index is 0.349. The first-order valence-electron chi connectivity index (χ1n) is 4.74. The lowest BCUT2D eigenvalue weighted by molar-refractivity contribution is -0.119. The van der Waals surface area contributed by atoms with Crippen molar-refractivity contribution in [1.82, 2.24) is 4.98 Å². The van der Waals surface area contributed by atoms with E-state index < -0.39 is 0 Å². The number of Topliss-reactive ketones (excluding diaryl/α,β-unsaturated/α-hetero) is 1. The van der Waals surface area contributed by atoms with Crippen LogP contribution in [0.3, 0.4) is 0 Å². The molecule has 2 rings (SSSR count). The molecule has 0 saturated carbocycles. The Labute approximate surface area is 107 Å². The Morgan fingerprint density at radius 3 is 2.73 bits per heavy atom.